The summed E-state index contributed by atoms with van der Waals surface area (Å²) in [6.07, 6.45) is 23.9. The lowest BCUT2D eigenvalue weighted by molar-refractivity contribution is 1.41. The second-order valence-corrected chi connectivity index (χ2v) is 12.1. The number of hydrogen-bond acceptors (Lipinski definition) is 2. The summed E-state index contributed by atoms with van der Waals surface area (Å²) in [4.78, 5) is 0. The van der Waals surface area contributed by atoms with Crippen LogP contribution in [0.2, 0.25) is 0 Å². The Morgan fingerprint density at radius 1 is 0.500 bits per heavy atom. The molecule has 0 amide bonds. The molecule has 2 aromatic heterocycles. The van der Waals surface area contributed by atoms with Crippen molar-refractivity contribution in [2.24, 2.45) is 0 Å². The van der Waals surface area contributed by atoms with Gasteiger partial charge < -0.3 is 0 Å². The minimum atomic E-state index is 1.00. The van der Waals surface area contributed by atoms with E-state index in [9.17, 15) is 0 Å². The largest absolute Gasteiger partial charge is 0.135 e. The van der Waals surface area contributed by atoms with Crippen LogP contribution in [-0.4, -0.2) is 0 Å². The summed E-state index contributed by atoms with van der Waals surface area (Å²) >= 11 is 3.75. The highest BCUT2D eigenvalue weighted by atomic mass is 32.1. The first-order chi connectivity index (χ1) is 21.8. The Bertz CT molecular complexity index is 2050. The Morgan fingerprint density at radius 3 is 2.02 bits per heavy atom. The second-order valence-electron chi connectivity index (χ2n) is 9.96. The van der Waals surface area contributed by atoms with Crippen LogP contribution in [-0.2, 0) is 0 Å². The molecule has 2 aliphatic rings. The Kier molecular flexibility index (Phi) is 11.0. The van der Waals surface area contributed by atoms with Crippen molar-refractivity contribution in [2.45, 2.75) is 40.5 Å². The number of allylic oxidation sites excluding steroid dienone is 12. The highest BCUT2D eigenvalue weighted by Crippen LogP contribution is 2.39. The SMILES string of the molecule is C1=CCC=C(c2cccc3sc4ccccc4c23)C=C1.C1=CCC=CC(c2ccc3c(c2)sc2ccccc23)=C1.CC.CC. The summed E-state index contributed by atoms with van der Waals surface area (Å²) in [6, 6.07) is 30.8. The molecule has 0 spiro atoms. The van der Waals surface area contributed by atoms with Gasteiger partial charge in [-0.3, -0.25) is 0 Å². The third-order valence-electron chi connectivity index (χ3n) is 7.40. The average molecular weight is 609 g/mol. The van der Waals surface area contributed by atoms with Crippen molar-refractivity contribution in [3.63, 3.8) is 0 Å². The summed E-state index contributed by atoms with van der Waals surface area (Å²) in [5.41, 5.74) is 5.26. The van der Waals surface area contributed by atoms with Crippen LogP contribution in [0.1, 0.15) is 51.7 Å². The quantitative estimate of drug-likeness (QED) is 0.183. The Labute approximate surface area is 270 Å². The molecule has 0 aliphatic heterocycles. The molecular weight excluding hydrogens is 569 g/mol. The average Bonchev–Trinajstić information content (AvgIpc) is 3.35. The third kappa shape index (κ3) is 6.78. The van der Waals surface area contributed by atoms with Crippen LogP contribution in [0.5, 0.6) is 0 Å². The monoisotopic (exact) mass is 608 g/mol. The summed E-state index contributed by atoms with van der Waals surface area (Å²) in [5.74, 6) is 0. The van der Waals surface area contributed by atoms with Crippen molar-refractivity contribution in [3.8, 4) is 0 Å². The topological polar surface area (TPSA) is 0 Å². The fourth-order valence-corrected chi connectivity index (χ4v) is 7.75. The van der Waals surface area contributed by atoms with Gasteiger partial charge in [-0.25, -0.2) is 0 Å². The number of benzene rings is 4. The smallest absolute Gasteiger partial charge is 0.0361 e. The molecule has 0 saturated heterocycles. The minimum Gasteiger partial charge on any atom is -0.135 e. The molecule has 0 bridgehead atoms. The van der Waals surface area contributed by atoms with E-state index >= 15 is 0 Å². The molecule has 44 heavy (non-hydrogen) atoms. The highest BCUT2D eigenvalue weighted by molar-refractivity contribution is 7.26. The van der Waals surface area contributed by atoms with Crippen molar-refractivity contribution in [3.05, 3.63) is 157 Å². The summed E-state index contributed by atoms with van der Waals surface area (Å²) in [6.45, 7) is 8.00. The first-order valence-corrected chi connectivity index (χ1v) is 17.4. The van der Waals surface area contributed by atoms with Gasteiger partial charge in [0, 0.05) is 40.3 Å². The molecule has 2 aliphatic carbocycles. The van der Waals surface area contributed by atoms with Gasteiger partial charge in [-0.1, -0.05) is 149 Å². The number of thiophene rings is 2. The zero-order valence-corrected chi connectivity index (χ0v) is 27.7. The van der Waals surface area contributed by atoms with E-state index in [2.05, 4.69) is 146 Å². The van der Waals surface area contributed by atoms with Gasteiger partial charge in [-0.15, -0.1) is 22.7 Å². The zero-order chi connectivity index (χ0) is 30.7. The fourth-order valence-electron chi connectivity index (χ4n) is 5.47. The highest BCUT2D eigenvalue weighted by Gasteiger charge is 2.11. The number of rotatable bonds is 2. The standard InChI is InChI=1S/2C19H14S.2C2H6/c1-2-4-9-14(8-3-1)15-11-7-13-18-19(15)16-10-5-6-12-17(16)20-18;1-2-4-8-14(7-3-1)15-11-12-17-16-9-5-6-10-18(16)20-19(17)13-15;2*1-2/h1-3,5-13H,4H2;1,3-13H,2H2;2*1-2H3. The van der Waals surface area contributed by atoms with Gasteiger partial charge in [0.05, 0.1) is 0 Å². The molecular formula is C42H40S2. The third-order valence-corrected chi connectivity index (χ3v) is 9.67. The first-order valence-electron chi connectivity index (χ1n) is 15.7. The molecule has 8 rings (SSSR count). The predicted octanol–water partition coefficient (Wildman–Crippen LogP) is 14.0. The normalized spacial score (nSPS) is 13.6. The lowest BCUT2D eigenvalue weighted by Gasteiger charge is -2.05. The molecule has 0 unspecified atom stereocenters. The first kappa shape index (κ1) is 31.2. The lowest BCUT2D eigenvalue weighted by Crippen LogP contribution is -1.82. The maximum Gasteiger partial charge on any atom is 0.0361 e. The van der Waals surface area contributed by atoms with E-state index in [-0.39, 0.29) is 0 Å². The minimum absolute atomic E-state index is 1.00. The zero-order valence-electron chi connectivity index (χ0n) is 26.1. The van der Waals surface area contributed by atoms with E-state index < -0.39 is 0 Å². The van der Waals surface area contributed by atoms with Gasteiger partial charge in [0.25, 0.3) is 0 Å². The van der Waals surface area contributed by atoms with Crippen molar-refractivity contribution >= 4 is 74.2 Å². The van der Waals surface area contributed by atoms with E-state index in [1.807, 2.05) is 50.4 Å². The molecule has 6 aromatic rings. The van der Waals surface area contributed by atoms with E-state index in [0.717, 1.165) is 12.8 Å². The van der Waals surface area contributed by atoms with Crippen LogP contribution >= 0.6 is 22.7 Å². The van der Waals surface area contributed by atoms with Crippen LogP contribution in [0.3, 0.4) is 0 Å². The van der Waals surface area contributed by atoms with Gasteiger partial charge in [0.15, 0.2) is 0 Å². The van der Waals surface area contributed by atoms with Crippen LogP contribution < -0.4 is 0 Å². The summed E-state index contributed by atoms with van der Waals surface area (Å²) in [5, 5.41) is 5.49. The van der Waals surface area contributed by atoms with Gasteiger partial charge in [0.2, 0.25) is 0 Å². The Balaban J connectivity index is 0.000000157. The van der Waals surface area contributed by atoms with E-state index in [1.165, 1.54) is 62.6 Å². The van der Waals surface area contributed by atoms with Gasteiger partial charge in [0.1, 0.15) is 0 Å². The lowest BCUT2D eigenvalue weighted by atomic mass is 9.98. The van der Waals surface area contributed by atoms with Crippen molar-refractivity contribution in [1.82, 2.24) is 0 Å². The summed E-state index contributed by atoms with van der Waals surface area (Å²) in [7, 11) is 0. The molecule has 220 valence electrons. The van der Waals surface area contributed by atoms with Gasteiger partial charge in [-0.2, -0.15) is 0 Å². The van der Waals surface area contributed by atoms with Crippen LogP contribution in [0, 0.1) is 0 Å². The maximum atomic E-state index is 2.31. The van der Waals surface area contributed by atoms with Gasteiger partial charge >= 0.3 is 0 Å². The molecule has 4 aromatic carbocycles. The van der Waals surface area contributed by atoms with E-state index in [4.69, 9.17) is 0 Å². The van der Waals surface area contributed by atoms with E-state index in [1.54, 1.807) is 0 Å². The van der Waals surface area contributed by atoms with Crippen molar-refractivity contribution < 1.29 is 0 Å². The van der Waals surface area contributed by atoms with Crippen LogP contribution in [0.25, 0.3) is 51.5 Å². The van der Waals surface area contributed by atoms with Crippen molar-refractivity contribution in [1.29, 1.82) is 0 Å². The van der Waals surface area contributed by atoms with Crippen LogP contribution in [0.15, 0.2) is 146 Å². The molecule has 0 nitrogen and oxygen atoms in total. The molecule has 0 saturated carbocycles. The van der Waals surface area contributed by atoms with E-state index in [0.29, 0.717) is 0 Å². The van der Waals surface area contributed by atoms with Gasteiger partial charge in [-0.05, 0) is 59.4 Å². The molecule has 0 N–H and O–H groups in total. The Hall–Kier alpha value is -4.24. The van der Waals surface area contributed by atoms with Crippen molar-refractivity contribution in [2.75, 3.05) is 0 Å². The summed E-state index contributed by atoms with van der Waals surface area (Å²) < 4.78 is 5.47. The van der Waals surface area contributed by atoms with Crippen LogP contribution in [0.4, 0.5) is 0 Å². The molecule has 0 fully saturated rings. The maximum absolute atomic E-state index is 2.31. The molecule has 0 radical (unpaired) electrons. The predicted molar refractivity (Wildman–Crippen MR) is 203 cm³/mol. The number of hydrogen-bond donors (Lipinski definition) is 0. The fraction of sp³-hybridized carbons (Fsp3) is 0.143. The molecule has 2 heterocycles. The molecule has 0 atom stereocenters. The number of fused-ring (bicyclic) bond motifs is 6. The second kappa shape index (κ2) is 15.5. The Morgan fingerprint density at radius 2 is 1.18 bits per heavy atom. The molecule has 2 heteroatoms.